The van der Waals surface area contributed by atoms with E-state index in [4.69, 9.17) is 0 Å². The Labute approximate surface area is 94.0 Å². The van der Waals surface area contributed by atoms with Crippen LogP contribution >= 0.6 is 0 Å². The largest absolute Gasteiger partial charge is 0.264 e. The van der Waals surface area contributed by atoms with Gasteiger partial charge in [0.15, 0.2) is 0 Å². The second-order valence-corrected chi connectivity index (χ2v) is 4.14. The lowest BCUT2D eigenvalue weighted by Crippen LogP contribution is -1.88. The lowest BCUT2D eigenvalue weighted by atomic mass is 10.0. The van der Waals surface area contributed by atoms with Crippen molar-refractivity contribution in [2.75, 3.05) is 0 Å². The Morgan fingerprint density at radius 1 is 1.00 bits per heavy atom. The summed E-state index contributed by atoms with van der Waals surface area (Å²) in [5.74, 6) is 0. The highest BCUT2D eigenvalue weighted by atomic mass is 14.7. The topological polar surface area (TPSA) is 25.8 Å². The summed E-state index contributed by atoms with van der Waals surface area (Å²) in [4.78, 5) is 8.80. The molecule has 0 aliphatic heterocycles. The van der Waals surface area contributed by atoms with Crippen LogP contribution in [-0.4, -0.2) is 9.97 Å². The molecule has 0 aliphatic rings. The fourth-order valence-electron chi connectivity index (χ4n) is 2.14. The maximum atomic E-state index is 4.60. The van der Waals surface area contributed by atoms with Crippen LogP contribution in [0.2, 0.25) is 0 Å². The predicted molar refractivity (Wildman–Crippen MR) is 66.5 cm³/mol. The normalized spacial score (nSPS) is 11.1. The molecule has 16 heavy (non-hydrogen) atoms. The molecule has 0 aliphatic carbocycles. The van der Waals surface area contributed by atoms with Gasteiger partial charge in [-0.2, -0.15) is 0 Å². The first-order valence-corrected chi connectivity index (χ1v) is 5.36. The fraction of sp³-hybridized carbons (Fsp3) is 0.143. The summed E-state index contributed by atoms with van der Waals surface area (Å²) in [6.07, 6.45) is 3.73. The molecule has 0 radical (unpaired) electrons. The highest BCUT2D eigenvalue weighted by molar-refractivity contribution is 6.06. The Hall–Kier alpha value is -1.96. The molecule has 3 aromatic rings. The summed E-state index contributed by atoms with van der Waals surface area (Å²) in [5.41, 5.74) is 3.37. The van der Waals surface area contributed by atoms with E-state index in [2.05, 4.69) is 29.0 Å². The van der Waals surface area contributed by atoms with Gasteiger partial charge in [-0.25, -0.2) is 0 Å². The van der Waals surface area contributed by atoms with Gasteiger partial charge in [-0.3, -0.25) is 9.97 Å². The minimum absolute atomic E-state index is 1.04. The highest BCUT2D eigenvalue weighted by Gasteiger charge is 2.04. The van der Waals surface area contributed by atoms with Crippen LogP contribution in [0.5, 0.6) is 0 Å². The molecule has 2 aromatic heterocycles. The van der Waals surface area contributed by atoms with Crippen LogP contribution in [0.4, 0.5) is 0 Å². The smallest absolute Gasteiger partial charge is 0.0799 e. The van der Waals surface area contributed by atoms with Gasteiger partial charge in [0, 0.05) is 28.9 Å². The van der Waals surface area contributed by atoms with Gasteiger partial charge in [0.2, 0.25) is 0 Å². The highest BCUT2D eigenvalue weighted by Crippen LogP contribution is 2.26. The molecule has 0 atom stereocenters. The monoisotopic (exact) mass is 208 g/mol. The van der Waals surface area contributed by atoms with Gasteiger partial charge >= 0.3 is 0 Å². The summed E-state index contributed by atoms with van der Waals surface area (Å²) in [6, 6.07) is 8.40. The van der Waals surface area contributed by atoms with Crippen molar-refractivity contribution >= 4 is 21.7 Å². The fourth-order valence-corrected chi connectivity index (χ4v) is 2.14. The SMILES string of the molecule is Cc1ccc2cc(C)c3ccncc3c2n1. The lowest BCUT2D eigenvalue weighted by Gasteiger charge is -2.06. The number of hydrogen-bond donors (Lipinski definition) is 0. The Balaban J connectivity index is 2.61. The summed E-state index contributed by atoms with van der Waals surface area (Å²) in [7, 11) is 0. The Morgan fingerprint density at radius 2 is 1.88 bits per heavy atom. The quantitative estimate of drug-likeness (QED) is 0.529. The first kappa shape index (κ1) is 9.28. The van der Waals surface area contributed by atoms with Gasteiger partial charge in [0.25, 0.3) is 0 Å². The first-order chi connectivity index (χ1) is 7.75. The average Bonchev–Trinajstić information content (AvgIpc) is 2.31. The van der Waals surface area contributed by atoms with Crippen LogP contribution in [0.1, 0.15) is 11.3 Å². The number of pyridine rings is 2. The van der Waals surface area contributed by atoms with Gasteiger partial charge < -0.3 is 0 Å². The van der Waals surface area contributed by atoms with E-state index in [1.54, 1.807) is 0 Å². The van der Waals surface area contributed by atoms with Gasteiger partial charge in [0.05, 0.1) is 5.52 Å². The minimum Gasteiger partial charge on any atom is -0.264 e. The maximum Gasteiger partial charge on any atom is 0.0799 e. The molecule has 3 rings (SSSR count). The molecule has 2 nitrogen and oxygen atoms in total. The van der Waals surface area contributed by atoms with Crippen molar-refractivity contribution in [3.05, 3.63) is 47.9 Å². The van der Waals surface area contributed by atoms with E-state index in [1.807, 2.05) is 31.5 Å². The number of benzene rings is 1. The van der Waals surface area contributed by atoms with Crippen molar-refractivity contribution in [2.24, 2.45) is 0 Å². The lowest BCUT2D eigenvalue weighted by molar-refractivity contribution is 1.26. The van der Waals surface area contributed by atoms with Crippen molar-refractivity contribution in [3.63, 3.8) is 0 Å². The van der Waals surface area contributed by atoms with Gasteiger partial charge in [-0.05, 0) is 43.0 Å². The molecule has 0 spiro atoms. The van der Waals surface area contributed by atoms with Crippen LogP contribution in [0.25, 0.3) is 21.7 Å². The van der Waals surface area contributed by atoms with E-state index in [1.165, 1.54) is 16.3 Å². The molecular formula is C14H12N2. The van der Waals surface area contributed by atoms with E-state index in [0.29, 0.717) is 0 Å². The zero-order valence-corrected chi connectivity index (χ0v) is 9.36. The maximum absolute atomic E-state index is 4.60. The van der Waals surface area contributed by atoms with Crippen LogP contribution in [0.3, 0.4) is 0 Å². The summed E-state index contributed by atoms with van der Waals surface area (Å²) >= 11 is 0. The van der Waals surface area contributed by atoms with Crippen LogP contribution in [0, 0.1) is 13.8 Å². The molecule has 0 amide bonds. The van der Waals surface area contributed by atoms with E-state index in [0.717, 1.165) is 16.6 Å². The van der Waals surface area contributed by atoms with Crippen molar-refractivity contribution in [1.29, 1.82) is 0 Å². The van der Waals surface area contributed by atoms with Crippen molar-refractivity contribution < 1.29 is 0 Å². The number of rotatable bonds is 0. The number of nitrogens with zero attached hydrogens (tertiary/aromatic N) is 2. The standard InChI is InChI=1S/C14H12N2/c1-9-7-11-4-3-10(2)16-14(11)13-8-15-6-5-12(9)13/h3-8H,1-2H3. The Bertz CT molecular complexity index is 687. The molecule has 2 heteroatoms. The van der Waals surface area contributed by atoms with Crippen molar-refractivity contribution in [2.45, 2.75) is 13.8 Å². The van der Waals surface area contributed by atoms with Gasteiger partial charge in [-0.1, -0.05) is 6.07 Å². The molecule has 0 saturated heterocycles. The summed E-state index contributed by atoms with van der Waals surface area (Å²) in [5, 5.41) is 3.56. The van der Waals surface area contributed by atoms with Crippen LogP contribution < -0.4 is 0 Å². The van der Waals surface area contributed by atoms with Crippen LogP contribution in [-0.2, 0) is 0 Å². The summed E-state index contributed by atoms with van der Waals surface area (Å²) in [6.45, 7) is 4.14. The molecule has 0 fully saturated rings. The van der Waals surface area contributed by atoms with E-state index >= 15 is 0 Å². The third-order valence-electron chi connectivity index (χ3n) is 2.94. The second-order valence-electron chi connectivity index (χ2n) is 4.14. The Kier molecular flexibility index (Phi) is 1.90. The molecule has 0 saturated carbocycles. The van der Waals surface area contributed by atoms with E-state index < -0.39 is 0 Å². The molecule has 78 valence electrons. The number of aryl methyl sites for hydroxylation is 2. The van der Waals surface area contributed by atoms with Crippen LogP contribution in [0.15, 0.2) is 36.7 Å². The number of aromatic nitrogens is 2. The first-order valence-electron chi connectivity index (χ1n) is 5.36. The molecule has 1 aromatic carbocycles. The van der Waals surface area contributed by atoms with Crippen molar-refractivity contribution in [1.82, 2.24) is 9.97 Å². The van der Waals surface area contributed by atoms with Crippen molar-refractivity contribution in [3.8, 4) is 0 Å². The summed E-state index contributed by atoms with van der Waals surface area (Å²) < 4.78 is 0. The molecule has 0 N–H and O–H groups in total. The van der Waals surface area contributed by atoms with E-state index in [-0.39, 0.29) is 0 Å². The van der Waals surface area contributed by atoms with Gasteiger partial charge in [-0.15, -0.1) is 0 Å². The molecule has 0 bridgehead atoms. The third-order valence-corrected chi connectivity index (χ3v) is 2.94. The Morgan fingerprint density at radius 3 is 2.75 bits per heavy atom. The van der Waals surface area contributed by atoms with E-state index in [9.17, 15) is 0 Å². The third kappa shape index (κ3) is 1.27. The number of hydrogen-bond acceptors (Lipinski definition) is 2. The molecular weight excluding hydrogens is 196 g/mol. The zero-order valence-electron chi connectivity index (χ0n) is 9.36. The zero-order chi connectivity index (χ0) is 11.1. The number of fused-ring (bicyclic) bond motifs is 3. The second kappa shape index (κ2) is 3.27. The molecule has 2 heterocycles. The predicted octanol–water partition coefficient (Wildman–Crippen LogP) is 3.40. The average molecular weight is 208 g/mol. The minimum atomic E-state index is 1.04. The van der Waals surface area contributed by atoms with Gasteiger partial charge in [0.1, 0.15) is 0 Å². The molecule has 0 unspecified atom stereocenters.